The maximum Gasteiger partial charge on any atom is 0.326 e. The molecule has 2 amide bonds. The molecule has 0 saturated heterocycles. The number of thiophene rings is 1. The zero-order chi connectivity index (χ0) is 13.5. The molecule has 4 N–H and O–H groups in total. The van der Waals surface area contributed by atoms with Gasteiger partial charge in [-0.05, 0) is 28.8 Å². The number of aliphatic carboxylic acids is 1. The highest BCUT2D eigenvalue weighted by atomic mass is 32.1. The number of aryl methyl sites for hydroxylation is 1. The molecule has 0 saturated carbocycles. The standard InChI is InChI=1S/C11H16N2O4S/c1-7-5-18-6-8(7)4-12-11(17)13-9(2-3-14)10(15)16/h5-6,9,14H,2-4H2,1H3,(H,15,16)(H2,12,13,17). The first kappa shape index (κ1) is 14.5. The molecule has 0 aliphatic rings. The molecule has 0 aromatic carbocycles. The second-order valence-electron chi connectivity index (χ2n) is 3.81. The number of rotatable bonds is 6. The number of hydrogen-bond donors (Lipinski definition) is 4. The Morgan fingerprint density at radius 2 is 2.17 bits per heavy atom. The first-order valence-electron chi connectivity index (χ1n) is 5.44. The highest BCUT2D eigenvalue weighted by Crippen LogP contribution is 2.12. The van der Waals surface area contributed by atoms with Crippen LogP contribution in [0, 0.1) is 6.92 Å². The Bertz CT molecular complexity index is 419. The van der Waals surface area contributed by atoms with Crippen molar-refractivity contribution in [3.8, 4) is 0 Å². The van der Waals surface area contributed by atoms with E-state index in [4.69, 9.17) is 10.2 Å². The van der Waals surface area contributed by atoms with Gasteiger partial charge in [-0.1, -0.05) is 0 Å². The molecule has 0 radical (unpaired) electrons. The van der Waals surface area contributed by atoms with E-state index in [0.717, 1.165) is 11.1 Å². The van der Waals surface area contributed by atoms with Crippen LogP contribution in [0.5, 0.6) is 0 Å². The van der Waals surface area contributed by atoms with Crippen molar-refractivity contribution >= 4 is 23.3 Å². The summed E-state index contributed by atoms with van der Waals surface area (Å²) in [5.74, 6) is -1.16. The molecule has 7 heteroatoms. The number of carbonyl (C=O) groups excluding carboxylic acids is 1. The molecule has 0 bridgehead atoms. The molecule has 0 aliphatic carbocycles. The van der Waals surface area contributed by atoms with Crippen molar-refractivity contribution in [1.82, 2.24) is 10.6 Å². The Kier molecular flexibility index (Phi) is 5.60. The van der Waals surface area contributed by atoms with E-state index in [-0.39, 0.29) is 13.0 Å². The largest absolute Gasteiger partial charge is 0.480 e. The fourth-order valence-electron chi connectivity index (χ4n) is 1.34. The van der Waals surface area contributed by atoms with Gasteiger partial charge in [0.25, 0.3) is 0 Å². The first-order valence-corrected chi connectivity index (χ1v) is 6.38. The van der Waals surface area contributed by atoms with Crippen molar-refractivity contribution in [1.29, 1.82) is 0 Å². The van der Waals surface area contributed by atoms with Gasteiger partial charge in [0.1, 0.15) is 6.04 Å². The molecular formula is C11H16N2O4S. The number of carbonyl (C=O) groups is 2. The van der Waals surface area contributed by atoms with Gasteiger partial charge in [-0.2, -0.15) is 11.3 Å². The van der Waals surface area contributed by atoms with Crippen LogP contribution >= 0.6 is 11.3 Å². The number of nitrogens with one attached hydrogen (secondary N) is 2. The van der Waals surface area contributed by atoms with Crippen molar-refractivity contribution < 1.29 is 19.8 Å². The second-order valence-corrected chi connectivity index (χ2v) is 4.55. The molecule has 1 unspecified atom stereocenters. The maximum absolute atomic E-state index is 11.5. The van der Waals surface area contributed by atoms with Crippen LogP contribution in [-0.4, -0.2) is 34.9 Å². The summed E-state index contributed by atoms with van der Waals surface area (Å²) in [4.78, 5) is 22.2. The first-order chi connectivity index (χ1) is 8.54. The summed E-state index contributed by atoms with van der Waals surface area (Å²) in [6.07, 6.45) is -0.0137. The molecule has 0 aliphatic heterocycles. The van der Waals surface area contributed by atoms with E-state index in [1.807, 2.05) is 17.7 Å². The lowest BCUT2D eigenvalue weighted by atomic mass is 10.2. The van der Waals surface area contributed by atoms with Crippen molar-refractivity contribution in [2.45, 2.75) is 25.9 Å². The third-order valence-corrected chi connectivity index (χ3v) is 3.33. The molecule has 1 atom stereocenters. The predicted molar refractivity (Wildman–Crippen MR) is 67.6 cm³/mol. The summed E-state index contributed by atoms with van der Waals surface area (Å²) < 4.78 is 0. The second kappa shape index (κ2) is 6.97. The van der Waals surface area contributed by atoms with Crippen LogP contribution in [0.1, 0.15) is 17.5 Å². The van der Waals surface area contributed by atoms with Gasteiger partial charge < -0.3 is 20.8 Å². The average molecular weight is 272 g/mol. The SMILES string of the molecule is Cc1cscc1CNC(=O)NC(CCO)C(=O)O. The van der Waals surface area contributed by atoms with Crippen LogP contribution in [0.2, 0.25) is 0 Å². The Morgan fingerprint density at radius 1 is 1.44 bits per heavy atom. The van der Waals surface area contributed by atoms with Gasteiger partial charge in [0.15, 0.2) is 0 Å². The summed E-state index contributed by atoms with van der Waals surface area (Å²) in [7, 11) is 0. The normalized spacial score (nSPS) is 11.9. The van der Waals surface area contributed by atoms with Crippen molar-refractivity contribution in [2.24, 2.45) is 0 Å². The molecule has 1 aromatic rings. The minimum Gasteiger partial charge on any atom is -0.480 e. The van der Waals surface area contributed by atoms with Crippen LogP contribution in [0.3, 0.4) is 0 Å². The molecule has 1 aromatic heterocycles. The van der Waals surface area contributed by atoms with Gasteiger partial charge >= 0.3 is 12.0 Å². The predicted octanol–water partition coefficient (Wildman–Crippen LogP) is 0.691. The number of carboxylic acid groups (broad SMARTS) is 1. The van der Waals surface area contributed by atoms with E-state index in [1.54, 1.807) is 11.3 Å². The smallest absolute Gasteiger partial charge is 0.326 e. The number of urea groups is 1. The number of hydrogen-bond acceptors (Lipinski definition) is 4. The minimum atomic E-state index is -1.16. The summed E-state index contributed by atoms with van der Waals surface area (Å²) in [5.41, 5.74) is 2.09. The van der Waals surface area contributed by atoms with Gasteiger partial charge in [0, 0.05) is 19.6 Å². The topological polar surface area (TPSA) is 98.7 Å². The summed E-state index contributed by atoms with van der Waals surface area (Å²) >= 11 is 1.55. The quantitative estimate of drug-likeness (QED) is 0.612. The third-order valence-electron chi connectivity index (χ3n) is 2.42. The third kappa shape index (κ3) is 4.34. The van der Waals surface area contributed by atoms with Crippen molar-refractivity contribution in [3.05, 3.63) is 21.9 Å². The van der Waals surface area contributed by atoms with Gasteiger partial charge in [-0.3, -0.25) is 0 Å². The van der Waals surface area contributed by atoms with Crippen LogP contribution in [-0.2, 0) is 11.3 Å². The van der Waals surface area contributed by atoms with E-state index < -0.39 is 18.0 Å². The Hall–Kier alpha value is -1.60. The van der Waals surface area contributed by atoms with Crippen LogP contribution in [0.4, 0.5) is 4.79 Å². The number of amides is 2. The zero-order valence-electron chi connectivity index (χ0n) is 9.97. The minimum absolute atomic E-state index is 0.0137. The molecule has 0 fully saturated rings. The van der Waals surface area contributed by atoms with Crippen LogP contribution in [0.15, 0.2) is 10.8 Å². The summed E-state index contributed by atoms with van der Waals surface area (Å²) in [6.45, 7) is 2.00. The van der Waals surface area contributed by atoms with E-state index in [0.29, 0.717) is 6.54 Å². The molecule has 1 rings (SSSR count). The Balaban J connectivity index is 2.41. The molecule has 0 spiro atoms. The monoisotopic (exact) mass is 272 g/mol. The van der Waals surface area contributed by atoms with Gasteiger partial charge in [0.05, 0.1) is 0 Å². The summed E-state index contributed by atoms with van der Waals surface area (Å²) in [6, 6.07) is -1.62. The Labute approximate surface area is 109 Å². The van der Waals surface area contributed by atoms with Crippen molar-refractivity contribution in [3.63, 3.8) is 0 Å². The highest BCUT2D eigenvalue weighted by Gasteiger charge is 2.18. The highest BCUT2D eigenvalue weighted by molar-refractivity contribution is 7.08. The molecule has 18 heavy (non-hydrogen) atoms. The molecular weight excluding hydrogens is 256 g/mol. The van der Waals surface area contributed by atoms with E-state index in [9.17, 15) is 9.59 Å². The number of aliphatic hydroxyl groups excluding tert-OH is 1. The van der Waals surface area contributed by atoms with Gasteiger partial charge in [0.2, 0.25) is 0 Å². The zero-order valence-corrected chi connectivity index (χ0v) is 10.8. The Morgan fingerprint density at radius 3 is 2.67 bits per heavy atom. The average Bonchev–Trinajstić information content (AvgIpc) is 2.71. The number of aliphatic hydroxyl groups is 1. The lowest BCUT2D eigenvalue weighted by Crippen LogP contribution is -2.46. The number of carboxylic acids is 1. The molecule has 100 valence electrons. The van der Waals surface area contributed by atoms with E-state index in [2.05, 4.69) is 10.6 Å². The molecule has 1 heterocycles. The fourth-order valence-corrected chi connectivity index (χ4v) is 2.20. The molecule has 6 nitrogen and oxygen atoms in total. The fraction of sp³-hybridized carbons (Fsp3) is 0.455. The lowest BCUT2D eigenvalue weighted by molar-refractivity contribution is -0.139. The van der Waals surface area contributed by atoms with Gasteiger partial charge in [-0.25, -0.2) is 9.59 Å². The maximum atomic E-state index is 11.5. The van der Waals surface area contributed by atoms with Gasteiger partial charge in [-0.15, -0.1) is 0 Å². The van der Waals surface area contributed by atoms with E-state index in [1.165, 1.54) is 0 Å². The van der Waals surface area contributed by atoms with Crippen LogP contribution < -0.4 is 10.6 Å². The summed E-state index contributed by atoms with van der Waals surface area (Å²) in [5, 5.41) is 26.3. The van der Waals surface area contributed by atoms with Crippen molar-refractivity contribution in [2.75, 3.05) is 6.61 Å². The lowest BCUT2D eigenvalue weighted by Gasteiger charge is -2.13. The van der Waals surface area contributed by atoms with Crippen LogP contribution in [0.25, 0.3) is 0 Å². The van der Waals surface area contributed by atoms with E-state index >= 15 is 0 Å².